The van der Waals surface area contributed by atoms with Crippen LogP contribution in [-0.4, -0.2) is 30.7 Å². The Morgan fingerprint density at radius 1 is 1.52 bits per heavy atom. The molecule has 0 saturated carbocycles. The molecule has 1 aromatic carbocycles. The Balaban J connectivity index is 2.17. The van der Waals surface area contributed by atoms with E-state index in [1.54, 1.807) is 6.07 Å². The Morgan fingerprint density at radius 2 is 2.33 bits per heavy atom. The molecular formula is C15H20FN3OS. The maximum atomic E-state index is 14.5. The van der Waals surface area contributed by atoms with Crippen LogP contribution in [0.3, 0.4) is 0 Å². The summed E-state index contributed by atoms with van der Waals surface area (Å²) in [4.78, 5) is 4.70. The second kappa shape index (κ2) is 5.50. The van der Waals surface area contributed by atoms with Gasteiger partial charge in [-0.15, -0.1) is 0 Å². The van der Waals surface area contributed by atoms with E-state index in [-0.39, 0.29) is 17.8 Å². The van der Waals surface area contributed by atoms with E-state index in [1.807, 2.05) is 20.0 Å². The molecule has 4 nitrogen and oxygen atoms in total. The fourth-order valence-electron chi connectivity index (χ4n) is 3.31. The monoisotopic (exact) mass is 309 g/mol. The Labute approximate surface area is 128 Å². The summed E-state index contributed by atoms with van der Waals surface area (Å²) in [5.74, 6) is 0.710. The lowest BCUT2D eigenvalue weighted by atomic mass is 9.72. The van der Waals surface area contributed by atoms with Gasteiger partial charge in [0.2, 0.25) is 0 Å². The largest absolute Gasteiger partial charge is 0.388 e. The summed E-state index contributed by atoms with van der Waals surface area (Å²) >= 11 is 1.53. The molecule has 1 saturated heterocycles. The summed E-state index contributed by atoms with van der Waals surface area (Å²) in [6.45, 7) is 2.61. The van der Waals surface area contributed by atoms with Gasteiger partial charge in [0.1, 0.15) is 5.82 Å². The number of ether oxygens (including phenoxy) is 1. The molecule has 3 unspecified atom stereocenters. The van der Waals surface area contributed by atoms with Gasteiger partial charge in [0.15, 0.2) is 5.17 Å². The maximum absolute atomic E-state index is 14.5. The highest BCUT2D eigenvalue weighted by atomic mass is 32.2. The van der Waals surface area contributed by atoms with Crippen LogP contribution in [0.1, 0.15) is 18.9 Å². The van der Waals surface area contributed by atoms with Crippen LogP contribution in [0.2, 0.25) is 0 Å². The number of thioether (sulfide) groups is 1. The van der Waals surface area contributed by atoms with Crippen molar-refractivity contribution in [1.29, 1.82) is 0 Å². The molecule has 3 atom stereocenters. The molecule has 2 heterocycles. The number of amidine groups is 1. The Kier molecular flexibility index (Phi) is 3.84. The zero-order valence-corrected chi connectivity index (χ0v) is 13.0. The first-order valence-corrected chi connectivity index (χ1v) is 8.13. The molecule has 3 N–H and O–H groups in total. The molecule has 21 heavy (non-hydrogen) atoms. The summed E-state index contributed by atoms with van der Waals surface area (Å²) in [6.07, 6.45) is 0.702. The quantitative estimate of drug-likeness (QED) is 0.881. The highest BCUT2D eigenvalue weighted by Gasteiger charge is 2.49. The lowest BCUT2D eigenvalue weighted by Gasteiger charge is -2.47. The van der Waals surface area contributed by atoms with Gasteiger partial charge in [-0.2, -0.15) is 0 Å². The minimum Gasteiger partial charge on any atom is -0.388 e. The topological polar surface area (TPSA) is 59.6 Å². The normalized spacial score (nSPS) is 32.2. The number of nitrogens with one attached hydrogen (secondary N) is 1. The minimum atomic E-state index is -0.607. The third-order valence-corrected chi connectivity index (χ3v) is 5.40. The number of halogens is 1. The van der Waals surface area contributed by atoms with Gasteiger partial charge in [0.25, 0.3) is 0 Å². The standard InChI is InChI=1S/C15H20FN3OS/c1-9-12-8-21-14(17)19-15(12,5-6-20-9)11-7-10(18-2)3-4-13(11)16/h3-4,7,9,12,18H,5-6,8H2,1-2H3,(H2,17,19). The second-order valence-electron chi connectivity index (χ2n) is 5.56. The van der Waals surface area contributed by atoms with Crippen molar-refractivity contribution in [2.75, 3.05) is 24.7 Å². The molecule has 0 bridgehead atoms. The molecule has 0 spiro atoms. The molecule has 1 aromatic rings. The van der Waals surface area contributed by atoms with E-state index in [0.29, 0.717) is 23.8 Å². The van der Waals surface area contributed by atoms with Crippen LogP contribution < -0.4 is 11.1 Å². The molecule has 0 aromatic heterocycles. The van der Waals surface area contributed by atoms with Crippen LogP contribution in [0.15, 0.2) is 23.2 Å². The lowest BCUT2D eigenvalue weighted by molar-refractivity contribution is -0.0514. The SMILES string of the molecule is CNc1ccc(F)c(C23CCOC(C)C2CSC(N)=N3)c1. The number of hydrogen-bond donors (Lipinski definition) is 2. The van der Waals surface area contributed by atoms with Gasteiger partial charge in [-0.05, 0) is 25.1 Å². The van der Waals surface area contributed by atoms with Crippen LogP contribution in [0, 0.1) is 11.7 Å². The van der Waals surface area contributed by atoms with Gasteiger partial charge in [0.05, 0.1) is 11.6 Å². The Hall–Kier alpha value is -1.27. The van der Waals surface area contributed by atoms with Crippen molar-refractivity contribution < 1.29 is 9.13 Å². The van der Waals surface area contributed by atoms with Crippen molar-refractivity contribution in [3.8, 4) is 0 Å². The number of benzene rings is 1. The Bertz CT molecular complexity index is 580. The van der Waals surface area contributed by atoms with Crippen molar-refractivity contribution in [1.82, 2.24) is 0 Å². The molecular weight excluding hydrogens is 289 g/mol. The van der Waals surface area contributed by atoms with Gasteiger partial charge in [0, 0.05) is 43.0 Å². The summed E-state index contributed by atoms with van der Waals surface area (Å²) in [6, 6.07) is 5.09. The van der Waals surface area contributed by atoms with Crippen LogP contribution in [0.4, 0.5) is 10.1 Å². The van der Waals surface area contributed by atoms with E-state index in [4.69, 9.17) is 15.5 Å². The molecule has 0 aliphatic carbocycles. The molecule has 6 heteroatoms. The molecule has 114 valence electrons. The minimum absolute atomic E-state index is 0.0424. The summed E-state index contributed by atoms with van der Waals surface area (Å²) in [7, 11) is 1.83. The zero-order chi connectivity index (χ0) is 15.0. The fraction of sp³-hybridized carbons (Fsp3) is 0.533. The maximum Gasteiger partial charge on any atom is 0.154 e. The number of aliphatic imine (C=N–C) groups is 1. The van der Waals surface area contributed by atoms with E-state index in [1.165, 1.54) is 17.8 Å². The highest BCUT2D eigenvalue weighted by molar-refractivity contribution is 8.13. The first kappa shape index (κ1) is 14.7. The van der Waals surface area contributed by atoms with Gasteiger partial charge < -0.3 is 15.8 Å². The first-order chi connectivity index (χ1) is 10.1. The third kappa shape index (κ3) is 2.40. The fourth-order valence-corrected chi connectivity index (χ4v) is 4.44. The van der Waals surface area contributed by atoms with E-state index in [2.05, 4.69) is 5.32 Å². The second-order valence-corrected chi connectivity index (χ2v) is 6.60. The van der Waals surface area contributed by atoms with Crippen LogP contribution in [0.5, 0.6) is 0 Å². The first-order valence-electron chi connectivity index (χ1n) is 7.14. The molecule has 0 amide bonds. The van der Waals surface area contributed by atoms with Gasteiger partial charge in [-0.25, -0.2) is 4.39 Å². The van der Waals surface area contributed by atoms with Crippen LogP contribution in [-0.2, 0) is 10.3 Å². The number of hydrogen-bond acceptors (Lipinski definition) is 5. The predicted molar refractivity (Wildman–Crippen MR) is 85.2 cm³/mol. The van der Waals surface area contributed by atoms with E-state index in [0.717, 1.165) is 11.4 Å². The number of nitrogens with two attached hydrogens (primary N) is 1. The number of nitrogens with zero attached hydrogens (tertiary/aromatic N) is 1. The van der Waals surface area contributed by atoms with Crippen LogP contribution >= 0.6 is 11.8 Å². The van der Waals surface area contributed by atoms with Gasteiger partial charge >= 0.3 is 0 Å². The van der Waals surface area contributed by atoms with Crippen molar-refractivity contribution >= 4 is 22.6 Å². The smallest absolute Gasteiger partial charge is 0.154 e. The Morgan fingerprint density at radius 3 is 3.10 bits per heavy atom. The molecule has 1 fully saturated rings. The molecule has 3 rings (SSSR count). The number of rotatable bonds is 2. The van der Waals surface area contributed by atoms with Crippen molar-refractivity contribution in [2.24, 2.45) is 16.6 Å². The summed E-state index contributed by atoms with van der Waals surface area (Å²) in [5.41, 5.74) is 6.86. The summed E-state index contributed by atoms with van der Waals surface area (Å²) in [5, 5.41) is 3.60. The van der Waals surface area contributed by atoms with Crippen molar-refractivity contribution in [3.63, 3.8) is 0 Å². The molecule has 0 radical (unpaired) electrons. The zero-order valence-electron chi connectivity index (χ0n) is 12.2. The molecule has 2 aliphatic heterocycles. The van der Waals surface area contributed by atoms with Gasteiger partial charge in [-0.3, -0.25) is 4.99 Å². The third-order valence-electron chi connectivity index (χ3n) is 4.49. The molecule has 2 aliphatic rings. The predicted octanol–water partition coefficient (Wildman–Crippen LogP) is 2.55. The van der Waals surface area contributed by atoms with E-state index < -0.39 is 5.54 Å². The summed E-state index contributed by atoms with van der Waals surface area (Å²) < 4.78 is 20.3. The van der Waals surface area contributed by atoms with E-state index in [9.17, 15) is 4.39 Å². The average Bonchev–Trinajstić information content (AvgIpc) is 2.47. The van der Waals surface area contributed by atoms with Crippen molar-refractivity contribution in [2.45, 2.75) is 25.0 Å². The number of fused-ring (bicyclic) bond motifs is 1. The lowest BCUT2D eigenvalue weighted by Crippen LogP contribution is -2.50. The number of anilines is 1. The van der Waals surface area contributed by atoms with E-state index >= 15 is 0 Å². The average molecular weight is 309 g/mol. The van der Waals surface area contributed by atoms with Gasteiger partial charge in [-0.1, -0.05) is 11.8 Å². The highest BCUT2D eigenvalue weighted by Crippen LogP contribution is 2.48. The van der Waals surface area contributed by atoms with Crippen molar-refractivity contribution in [3.05, 3.63) is 29.6 Å². The van der Waals surface area contributed by atoms with Crippen LogP contribution in [0.25, 0.3) is 0 Å².